The van der Waals surface area contributed by atoms with Gasteiger partial charge in [0.05, 0.1) is 25.5 Å². The lowest BCUT2D eigenvalue weighted by Gasteiger charge is -2.13. The monoisotopic (exact) mass is 338 g/mol. The summed E-state index contributed by atoms with van der Waals surface area (Å²) in [5.74, 6) is -1.66. The van der Waals surface area contributed by atoms with E-state index >= 15 is 0 Å². The van der Waals surface area contributed by atoms with E-state index in [4.69, 9.17) is 9.47 Å². The molecular formula is C19H18N2O4. The summed E-state index contributed by atoms with van der Waals surface area (Å²) in [6.07, 6.45) is 0. The summed E-state index contributed by atoms with van der Waals surface area (Å²) in [5, 5.41) is 11.9. The molecule has 0 aliphatic rings. The first kappa shape index (κ1) is 18.0. The molecule has 0 spiro atoms. The average Bonchev–Trinajstić information content (AvgIpc) is 2.64. The fraction of sp³-hybridized carbons (Fsp3) is 0.211. The molecule has 0 heterocycles. The van der Waals surface area contributed by atoms with Crippen LogP contribution in [0.4, 0.5) is 5.69 Å². The fourth-order valence-electron chi connectivity index (χ4n) is 2.21. The summed E-state index contributed by atoms with van der Waals surface area (Å²) in [5.41, 5.74) is 0.678. The molecule has 0 radical (unpaired) electrons. The number of carbonyl (C=O) groups is 2. The van der Waals surface area contributed by atoms with Gasteiger partial charge in [0.15, 0.2) is 11.7 Å². The third-order valence-electron chi connectivity index (χ3n) is 3.47. The minimum absolute atomic E-state index is 0.264. The number of methoxy groups -OCH3 is 1. The number of rotatable bonds is 7. The molecule has 1 atom stereocenters. The first-order chi connectivity index (χ1) is 12.1. The average molecular weight is 338 g/mol. The molecule has 2 rings (SSSR count). The molecule has 6 nitrogen and oxygen atoms in total. The van der Waals surface area contributed by atoms with Crippen LogP contribution in [0.1, 0.15) is 17.3 Å². The Hall–Kier alpha value is -3.33. The van der Waals surface area contributed by atoms with Crippen molar-refractivity contribution in [3.63, 3.8) is 0 Å². The van der Waals surface area contributed by atoms with Crippen LogP contribution >= 0.6 is 0 Å². The maximum Gasteiger partial charge on any atom is 0.249 e. The highest BCUT2D eigenvalue weighted by Gasteiger charge is 2.28. The first-order valence-corrected chi connectivity index (χ1v) is 7.71. The van der Waals surface area contributed by atoms with Crippen molar-refractivity contribution in [3.8, 4) is 17.6 Å². The number of para-hydroxylation sites is 2. The van der Waals surface area contributed by atoms with Crippen LogP contribution in [0.15, 0.2) is 48.5 Å². The molecule has 2 aromatic rings. The molecular weight excluding hydrogens is 320 g/mol. The van der Waals surface area contributed by atoms with Gasteiger partial charge in [-0.3, -0.25) is 9.59 Å². The van der Waals surface area contributed by atoms with E-state index in [1.165, 1.54) is 19.2 Å². The normalized spacial score (nSPS) is 11.1. The minimum Gasteiger partial charge on any atom is -0.497 e. The van der Waals surface area contributed by atoms with Gasteiger partial charge in [-0.1, -0.05) is 12.1 Å². The Labute approximate surface area is 146 Å². The fourth-order valence-corrected chi connectivity index (χ4v) is 2.21. The lowest BCUT2D eigenvalue weighted by Crippen LogP contribution is -2.28. The van der Waals surface area contributed by atoms with Gasteiger partial charge in [-0.25, -0.2) is 0 Å². The van der Waals surface area contributed by atoms with E-state index in [0.29, 0.717) is 23.8 Å². The number of nitrogens with zero attached hydrogens (tertiary/aromatic N) is 1. The largest absolute Gasteiger partial charge is 0.497 e. The third-order valence-corrected chi connectivity index (χ3v) is 3.47. The number of Topliss-reactive ketones (excluding diaryl/α,β-unsaturated/α-hetero) is 1. The second kappa shape index (κ2) is 8.50. The number of ketones is 1. The van der Waals surface area contributed by atoms with E-state index < -0.39 is 17.6 Å². The van der Waals surface area contributed by atoms with Gasteiger partial charge in [0.1, 0.15) is 11.5 Å². The topological polar surface area (TPSA) is 88.4 Å². The molecule has 6 heteroatoms. The van der Waals surface area contributed by atoms with E-state index in [0.717, 1.165) is 0 Å². The minimum atomic E-state index is -1.46. The zero-order valence-corrected chi connectivity index (χ0v) is 14.0. The summed E-state index contributed by atoms with van der Waals surface area (Å²) < 4.78 is 10.5. The summed E-state index contributed by atoms with van der Waals surface area (Å²) >= 11 is 0. The van der Waals surface area contributed by atoms with Crippen molar-refractivity contribution >= 4 is 17.4 Å². The van der Waals surface area contributed by atoms with E-state index in [-0.39, 0.29) is 5.56 Å². The van der Waals surface area contributed by atoms with Gasteiger partial charge in [0, 0.05) is 5.56 Å². The molecule has 0 aromatic heterocycles. The number of amides is 1. The Morgan fingerprint density at radius 1 is 1.16 bits per heavy atom. The molecule has 0 saturated heterocycles. The molecule has 0 saturated carbocycles. The van der Waals surface area contributed by atoms with Crippen molar-refractivity contribution in [2.45, 2.75) is 6.92 Å². The summed E-state index contributed by atoms with van der Waals surface area (Å²) in [6, 6.07) is 14.9. The number of anilines is 1. The van der Waals surface area contributed by atoms with Gasteiger partial charge >= 0.3 is 0 Å². The van der Waals surface area contributed by atoms with Crippen molar-refractivity contribution in [2.24, 2.45) is 5.92 Å². The summed E-state index contributed by atoms with van der Waals surface area (Å²) in [7, 11) is 1.51. The molecule has 1 amide bonds. The van der Waals surface area contributed by atoms with Gasteiger partial charge in [0.2, 0.25) is 5.91 Å². The van der Waals surface area contributed by atoms with Crippen LogP contribution < -0.4 is 14.8 Å². The highest BCUT2D eigenvalue weighted by molar-refractivity contribution is 6.15. The second-order valence-corrected chi connectivity index (χ2v) is 5.07. The van der Waals surface area contributed by atoms with E-state index in [9.17, 15) is 14.9 Å². The standard InChI is InChI=1S/C19H18N2O4/c1-3-25-17-7-5-4-6-16(17)21-19(23)15(12-20)18(22)13-8-10-14(24-2)11-9-13/h4-11,15H,3H2,1-2H3,(H,21,23). The van der Waals surface area contributed by atoms with Crippen molar-refractivity contribution in [1.82, 2.24) is 0 Å². The Morgan fingerprint density at radius 3 is 2.44 bits per heavy atom. The Bertz CT molecular complexity index is 794. The molecule has 1 unspecified atom stereocenters. The lowest BCUT2D eigenvalue weighted by atomic mass is 9.98. The van der Waals surface area contributed by atoms with Gasteiger partial charge in [-0.15, -0.1) is 0 Å². The van der Waals surface area contributed by atoms with Crippen LogP contribution in [0.25, 0.3) is 0 Å². The molecule has 2 aromatic carbocycles. The predicted molar refractivity (Wildman–Crippen MR) is 92.7 cm³/mol. The number of nitrogens with one attached hydrogen (secondary N) is 1. The van der Waals surface area contributed by atoms with Crippen molar-refractivity contribution < 1.29 is 19.1 Å². The molecule has 128 valence electrons. The number of nitriles is 1. The molecule has 0 bridgehead atoms. The maximum absolute atomic E-state index is 12.5. The molecule has 0 aliphatic carbocycles. The summed E-state index contributed by atoms with van der Waals surface area (Å²) in [6.45, 7) is 2.25. The van der Waals surface area contributed by atoms with Crippen molar-refractivity contribution in [2.75, 3.05) is 19.0 Å². The molecule has 1 N–H and O–H groups in total. The Morgan fingerprint density at radius 2 is 1.84 bits per heavy atom. The number of ether oxygens (including phenoxy) is 2. The number of carbonyl (C=O) groups excluding carboxylic acids is 2. The summed E-state index contributed by atoms with van der Waals surface area (Å²) in [4.78, 5) is 24.9. The van der Waals surface area contributed by atoms with Crippen molar-refractivity contribution in [1.29, 1.82) is 5.26 Å². The third kappa shape index (κ3) is 4.36. The molecule has 0 fully saturated rings. The Kier molecular flexibility index (Phi) is 6.13. The smallest absolute Gasteiger partial charge is 0.249 e. The lowest BCUT2D eigenvalue weighted by molar-refractivity contribution is -0.117. The van der Waals surface area contributed by atoms with E-state index in [1.54, 1.807) is 42.5 Å². The van der Waals surface area contributed by atoms with E-state index in [1.807, 2.05) is 6.92 Å². The van der Waals surface area contributed by atoms with Gasteiger partial charge in [0.25, 0.3) is 0 Å². The van der Waals surface area contributed by atoms with Crippen LogP contribution in [0.5, 0.6) is 11.5 Å². The van der Waals surface area contributed by atoms with E-state index in [2.05, 4.69) is 5.32 Å². The second-order valence-electron chi connectivity index (χ2n) is 5.07. The van der Waals surface area contributed by atoms with Crippen molar-refractivity contribution in [3.05, 3.63) is 54.1 Å². The SMILES string of the molecule is CCOc1ccccc1NC(=O)C(C#N)C(=O)c1ccc(OC)cc1. The Balaban J connectivity index is 2.18. The maximum atomic E-state index is 12.5. The number of benzene rings is 2. The zero-order valence-electron chi connectivity index (χ0n) is 14.0. The predicted octanol–water partition coefficient (Wildman–Crippen LogP) is 3.06. The zero-order chi connectivity index (χ0) is 18.2. The quantitative estimate of drug-likeness (QED) is 0.619. The van der Waals surface area contributed by atoms with Gasteiger partial charge in [-0.2, -0.15) is 5.26 Å². The van der Waals surface area contributed by atoms with Gasteiger partial charge < -0.3 is 14.8 Å². The highest BCUT2D eigenvalue weighted by Crippen LogP contribution is 2.24. The van der Waals surface area contributed by atoms with Crippen LogP contribution in [-0.2, 0) is 4.79 Å². The van der Waals surface area contributed by atoms with Crippen LogP contribution in [-0.4, -0.2) is 25.4 Å². The molecule has 25 heavy (non-hydrogen) atoms. The number of hydrogen-bond donors (Lipinski definition) is 1. The van der Waals surface area contributed by atoms with Crippen LogP contribution in [0, 0.1) is 17.2 Å². The van der Waals surface area contributed by atoms with Crippen LogP contribution in [0.2, 0.25) is 0 Å². The molecule has 0 aliphatic heterocycles. The highest BCUT2D eigenvalue weighted by atomic mass is 16.5. The first-order valence-electron chi connectivity index (χ1n) is 7.71. The van der Waals surface area contributed by atoms with Crippen LogP contribution in [0.3, 0.4) is 0 Å². The van der Waals surface area contributed by atoms with Gasteiger partial charge in [-0.05, 0) is 43.3 Å². The number of hydrogen-bond acceptors (Lipinski definition) is 5.